The minimum Gasteiger partial charge on any atom is -0.353 e. The van der Waals surface area contributed by atoms with Crippen LogP contribution in [0, 0.1) is 0 Å². The zero-order valence-corrected chi connectivity index (χ0v) is 23.6. The van der Waals surface area contributed by atoms with Crippen molar-refractivity contribution in [2.75, 3.05) is 25.7 Å². The fourth-order valence-corrected chi connectivity index (χ4v) is 5.56. The summed E-state index contributed by atoms with van der Waals surface area (Å²) in [6.45, 7) is 7.84. The van der Waals surface area contributed by atoms with Crippen molar-refractivity contribution < 1.29 is 8.78 Å². The van der Waals surface area contributed by atoms with Gasteiger partial charge in [-0.05, 0) is 46.5 Å². The summed E-state index contributed by atoms with van der Waals surface area (Å²) in [5.41, 5.74) is 3.63. The number of hydrogen-bond donors (Lipinski definition) is 1. The van der Waals surface area contributed by atoms with Crippen LogP contribution in [0.4, 0.5) is 20.2 Å². The van der Waals surface area contributed by atoms with E-state index in [4.69, 9.17) is 11.6 Å². The van der Waals surface area contributed by atoms with Gasteiger partial charge in [0.1, 0.15) is 10.7 Å². The number of aromatic nitrogens is 3. The molecule has 0 fully saturated rings. The first kappa shape index (κ1) is 27.8. The number of pyridine rings is 1. The quantitative estimate of drug-likeness (QED) is 0.0694. The topological polar surface area (TPSA) is 58.3 Å². The molecular formula is C21H25ClF2IN6PS. The maximum absolute atomic E-state index is 13.5. The Morgan fingerprint density at radius 1 is 1.30 bits per heavy atom. The number of nitrogens with one attached hydrogen (secondary N) is 1. The number of halogens is 4. The lowest BCUT2D eigenvalue weighted by Crippen LogP contribution is -2.08. The maximum Gasteiger partial charge on any atom is 0.295 e. The first-order valence-corrected chi connectivity index (χ1v) is 15.5. The smallest absolute Gasteiger partial charge is 0.295 e. The maximum atomic E-state index is 13.5. The van der Waals surface area contributed by atoms with Gasteiger partial charge in [-0.15, -0.1) is 11.8 Å². The van der Waals surface area contributed by atoms with Gasteiger partial charge in [0.2, 0.25) is 0 Å². The third kappa shape index (κ3) is 6.55. The number of rotatable bonds is 8. The molecule has 2 aromatic heterocycles. The van der Waals surface area contributed by atoms with Gasteiger partial charge in [-0.2, -0.15) is 5.10 Å². The van der Waals surface area contributed by atoms with E-state index in [2.05, 4.69) is 27.0 Å². The third-order valence-electron chi connectivity index (χ3n) is 4.16. The molecule has 1 N–H and O–H groups in total. The molecule has 1 atom stereocenters. The molecule has 0 bridgehead atoms. The molecule has 0 saturated carbocycles. The van der Waals surface area contributed by atoms with Crippen LogP contribution in [0.3, 0.4) is 0 Å². The predicted molar refractivity (Wildman–Crippen MR) is 149 cm³/mol. The highest BCUT2D eigenvalue weighted by atomic mass is 127. The largest absolute Gasteiger partial charge is 0.353 e. The van der Waals surface area contributed by atoms with Crippen LogP contribution < -0.4 is 5.32 Å². The highest BCUT2D eigenvalue weighted by Crippen LogP contribution is 2.39. The molecule has 3 rings (SSSR count). The second kappa shape index (κ2) is 12.8. The van der Waals surface area contributed by atoms with Crippen molar-refractivity contribution in [3.05, 3.63) is 53.5 Å². The molecule has 0 aliphatic rings. The Hall–Kier alpha value is -1.49. The number of benzene rings is 1. The van der Waals surface area contributed by atoms with Crippen LogP contribution in [-0.4, -0.2) is 45.4 Å². The average molecular weight is 625 g/mol. The molecule has 0 aliphatic heterocycles. The van der Waals surface area contributed by atoms with Crippen molar-refractivity contribution in [2.24, 2.45) is 5.10 Å². The molecule has 178 valence electrons. The van der Waals surface area contributed by atoms with Crippen molar-refractivity contribution in [1.82, 2.24) is 19.3 Å². The normalized spacial score (nSPS) is 11.8. The Morgan fingerprint density at radius 3 is 2.55 bits per heavy atom. The Kier molecular flexibility index (Phi) is 10.8. The zero-order chi connectivity index (χ0) is 24.7. The summed E-state index contributed by atoms with van der Waals surface area (Å²) >= 11 is 9.77. The molecule has 1 aromatic carbocycles. The molecule has 0 saturated heterocycles. The fourth-order valence-electron chi connectivity index (χ4n) is 2.89. The van der Waals surface area contributed by atoms with E-state index in [1.54, 1.807) is 28.9 Å². The first-order chi connectivity index (χ1) is 15.8. The monoisotopic (exact) mass is 624 g/mol. The number of anilines is 2. The Labute approximate surface area is 216 Å². The summed E-state index contributed by atoms with van der Waals surface area (Å²) in [7, 11) is 3.69. The molecule has 0 aliphatic carbocycles. The predicted octanol–water partition coefficient (Wildman–Crippen LogP) is 7.76. The molecule has 1 unspecified atom stereocenters. The van der Waals surface area contributed by atoms with Crippen molar-refractivity contribution >= 4 is 80.0 Å². The second-order valence-electron chi connectivity index (χ2n) is 6.43. The second-order valence-corrected chi connectivity index (χ2v) is 9.73. The number of nitrogens with zero attached hydrogens (tertiary/aromatic N) is 5. The van der Waals surface area contributed by atoms with Gasteiger partial charge in [-0.25, -0.2) is 18.7 Å². The van der Waals surface area contributed by atoms with Gasteiger partial charge in [0.25, 0.3) is 6.43 Å². The number of thioether (sulfide) groups is 1. The van der Waals surface area contributed by atoms with Gasteiger partial charge in [0, 0.05) is 30.6 Å². The van der Waals surface area contributed by atoms with Crippen molar-refractivity contribution in [2.45, 2.75) is 25.2 Å². The van der Waals surface area contributed by atoms with E-state index < -0.39 is 6.43 Å². The molecule has 2 heterocycles. The molecular weight excluding hydrogens is 600 g/mol. The number of hydrazone groups is 1. The van der Waals surface area contributed by atoms with Gasteiger partial charge in [0.05, 0.1) is 23.5 Å². The van der Waals surface area contributed by atoms with Gasteiger partial charge >= 0.3 is 0 Å². The van der Waals surface area contributed by atoms with Crippen LogP contribution in [0.25, 0.3) is 11.2 Å². The van der Waals surface area contributed by atoms with Crippen molar-refractivity contribution in [3.63, 3.8) is 0 Å². The average Bonchev–Trinajstić information content (AvgIpc) is 3.17. The minimum atomic E-state index is -2.71. The zero-order valence-electron chi connectivity index (χ0n) is 18.8. The van der Waals surface area contributed by atoms with Gasteiger partial charge in [-0.1, -0.05) is 38.1 Å². The van der Waals surface area contributed by atoms with E-state index in [9.17, 15) is 8.78 Å². The lowest BCUT2D eigenvalue weighted by Gasteiger charge is -2.14. The molecule has 12 heteroatoms. The van der Waals surface area contributed by atoms with Gasteiger partial charge < -0.3 is 10.3 Å². The fraction of sp³-hybridized carbons (Fsp3) is 0.286. The summed E-state index contributed by atoms with van der Waals surface area (Å²) in [6.07, 6.45) is 0.957. The molecule has 0 spiro atoms. The van der Waals surface area contributed by atoms with Crippen LogP contribution in [-0.2, 0) is 0 Å². The van der Waals surface area contributed by atoms with Gasteiger partial charge in [-0.3, -0.25) is 4.34 Å². The molecule has 3 aromatic rings. The first-order valence-electron chi connectivity index (χ1n) is 9.86. The number of allylic oxidation sites excluding steroid dienone is 1. The van der Waals surface area contributed by atoms with Crippen LogP contribution in [0.2, 0.25) is 5.15 Å². The molecule has 0 radical (unpaired) electrons. The lowest BCUT2D eigenvalue weighted by molar-refractivity contribution is 0.140. The number of hydrogen-bond acceptors (Lipinski definition) is 6. The van der Waals surface area contributed by atoms with E-state index in [0.717, 1.165) is 21.9 Å². The molecule has 33 heavy (non-hydrogen) atoms. The summed E-state index contributed by atoms with van der Waals surface area (Å²) in [5.74, 6) is -0.323. The lowest BCUT2D eigenvalue weighted by atomic mass is 10.1. The third-order valence-corrected chi connectivity index (χ3v) is 7.19. The summed E-state index contributed by atoms with van der Waals surface area (Å²) in [6, 6.07) is 7.41. The number of fused-ring (bicyclic) bond motifs is 1. The Balaban J connectivity index is 0.00000187. The van der Waals surface area contributed by atoms with Crippen molar-refractivity contribution in [3.8, 4) is 0 Å². The van der Waals surface area contributed by atoms with Crippen molar-refractivity contribution in [1.29, 1.82) is 0 Å². The van der Waals surface area contributed by atoms with Crippen LogP contribution in [0.15, 0.2) is 46.9 Å². The highest BCUT2D eigenvalue weighted by molar-refractivity contribution is 14.2. The van der Waals surface area contributed by atoms with E-state index in [1.165, 1.54) is 4.34 Å². The van der Waals surface area contributed by atoms with Crippen LogP contribution in [0.1, 0.15) is 31.7 Å². The van der Waals surface area contributed by atoms with Crippen LogP contribution >= 0.6 is 51.8 Å². The van der Waals surface area contributed by atoms with E-state index in [1.807, 2.05) is 74.4 Å². The summed E-state index contributed by atoms with van der Waals surface area (Å²) in [5, 5.41) is 9.64. The molecule has 0 amide bonds. The van der Waals surface area contributed by atoms with Gasteiger partial charge in [0.15, 0.2) is 11.5 Å². The van der Waals surface area contributed by atoms with E-state index >= 15 is 0 Å². The van der Waals surface area contributed by atoms with E-state index in [-0.39, 0.29) is 17.4 Å². The standard InChI is InChI=1S/C19H19ClF2IN6PS.C2H6/c1-5-11(27-28(2)3)10-6-7-12(14(8-10)31-4)24-13-9-15(20)25-18-16(13)26-19(17(21)22)29(18)30-23;1-2/h5-9,17,30H,1H2,2-4H3,(H,24,25);1-2H3/b27-11+;. The number of imidazole rings is 1. The van der Waals surface area contributed by atoms with Crippen LogP contribution in [0.5, 0.6) is 0 Å². The SMILES string of the molecule is C=C/C(=N\N(C)C)c1ccc(Nc2cc(Cl)nc3c2nc(C(F)F)n3PI)c(SC)c1.CC. The Bertz CT molecular complexity index is 1160. The minimum absolute atomic E-state index is 0.0156. The summed E-state index contributed by atoms with van der Waals surface area (Å²) < 4.78 is 28.4. The van der Waals surface area contributed by atoms with E-state index in [0.29, 0.717) is 16.9 Å². The summed E-state index contributed by atoms with van der Waals surface area (Å²) in [4.78, 5) is 9.32. The molecule has 6 nitrogen and oxygen atoms in total. The Morgan fingerprint density at radius 2 is 2.00 bits per heavy atom. The highest BCUT2D eigenvalue weighted by Gasteiger charge is 2.22. The number of alkyl halides is 2.